The van der Waals surface area contributed by atoms with Gasteiger partial charge in [-0.25, -0.2) is 0 Å². The molecule has 0 radical (unpaired) electrons. The number of hydrogen-bond donors (Lipinski definition) is 2. The second-order valence-corrected chi connectivity index (χ2v) is 5.42. The largest absolute Gasteiger partial charge is 0.481 e. The lowest BCUT2D eigenvalue weighted by molar-refractivity contribution is -0.138. The molecule has 0 saturated heterocycles. The quantitative estimate of drug-likeness (QED) is 0.853. The Bertz CT molecular complexity index is 753. The van der Waals surface area contributed by atoms with Crippen LogP contribution in [0.15, 0.2) is 42.5 Å². The van der Waals surface area contributed by atoms with Crippen molar-refractivity contribution in [1.29, 1.82) is 0 Å². The number of nitrogens with two attached hydrogens (primary N) is 1. The normalized spacial score (nSPS) is 14.8. The number of nitrogen functional groups attached to an aromatic ring is 1. The van der Waals surface area contributed by atoms with Crippen LogP contribution in [-0.4, -0.2) is 17.0 Å². The van der Waals surface area contributed by atoms with Gasteiger partial charge in [-0.1, -0.05) is 18.2 Å². The maximum atomic E-state index is 12.5. The monoisotopic (exact) mass is 296 g/mol. The highest BCUT2D eigenvalue weighted by Gasteiger charge is 2.29. The molecule has 0 spiro atoms. The number of anilines is 2. The highest BCUT2D eigenvalue weighted by molar-refractivity contribution is 6.11. The Morgan fingerprint density at radius 1 is 1.23 bits per heavy atom. The minimum atomic E-state index is -0.870. The zero-order chi connectivity index (χ0) is 15.9. The second-order valence-electron chi connectivity index (χ2n) is 5.42. The number of aliphatic carboxylic acids is 1. The van der Waals surface area contributed by atoms with Gasteiger partial charge in [-0.3, -0.25) is 9.59 Å². The zero-order valence-corrected chi connectivity index (χ0v) is 12.1. The van der Waals surface area contributed by atoms with E-state index in [0.29, 0.717) is 23.4 Å². The Hall–Kier alpha value is -2.82. The van der Waals surface area contributed by atoms with E-state index in [4.69, 9.17) is 10.8 Å². The molecule has 1 aliphatic heterocycles. The van der Waals surface area contributed by atoms with Gasteiger partial charge in [-0.2, -0.15) is 0 Å². The summed E-state index contributed by atoms with van der Waals surface area (Å²) in [4.78, 5) is 25.1. The van der Waals surface area contributed by atoms with E-state index >= 15 is 0 Å². The van der Waals surface area contributed by atoms with Gasteiger partial charge >= 0.3 is 5.97 Å². The van der Waals surface area contributed by atoms with Gasteiger partial charge in [-0.15, -0.1) is 0 Å². The van der Waals surface area contributed by atoms with E-state index in [2.05, 4.69) is 0 Å². The van der Waals surface area contributed by atoms with E-state index in [0.717, 1.165) is 11.3 Å². The number of carbonyl (C=O) groups is 2. The third-order valence-electron chi connectivity index (χ3n) is 4.08. The lowest BCUT2D eigenvalue weighted by Crippen LogP contribution is -2.23. The van der Waals surface area contributed by atoms with Crippen LogP contribution in [0, 0.1) is 0 Å². The average molecular weight is 296 g/mol. The van der Waals surface area contributed by atoms with Crippen LogP contribution < -0.4 is 10.6 Å². The van der Waals surface area contributed by atoms with Crippen molar-refractivity contribution in [3.05, 3.63) is 59.2 Å². The maximum Gasteiger partial charge on any atom is 0.310 e. The summed E-state index contributed by atoms with van der Waals surface area (Å²) in [5, 5.41) is 9.03. The van der Waals surface area contributed by atoms with Gasteiger partial charge in [0.25, 0.3) is 5.91 Å². The summed E-state index contributed by atoms with van der Waals surface area (Å²) in [6, 6.07) is 12.4. The van der Waals surface area contributed by atoms with E-state index in [9.17, 15) is 9.59 Å². The molecule has 2 aromatic rings. The lowest BCUT2D eigenvalue weighted by atomic mass is 10.0. The Morgan fingerprint density at radius 2 is 1.91 bits per heavy atom. The SMILES string of the molecule is CC(C(=O)O)c1ccc(N2Cc3c(N)cccc3C2=O)cc1. The molecule has 0 aromatic heterocycles. The van der Waals surface area contributed by atoms with Crippen molar-refractivity contribution in [3.8, 4) is 0 Å². The van der Waals surface area contributed by atoms with E-state index in [1.807, 2.05) is 0 Å². The van der Waals surface area contributed by atoms with E-state index in [1.165, 1.54) is 0 Å². The van der Waals surface area contributed by atoms with Gasteiger partial charge in [0, 0.05) is 22.5 Å². The van der Waals surface area contributed by atoms with Crippen LogP contribution in [0.1, 0.15) is 34.3 Å². The van der Waals surface area contributed by atoms with Crippen molar-refractivity contribution < 1.29 is 14.7 Å². The zero-order valence-electron chi connectivity index (χ0n) is 12.1. The first-order valence-corrected chi connectivity index (χ1v) is 7.01. The van der Waals surface area contributed by atoms with Crippen molar-refractivity contribution in [2.24, 2.45) is 0 Å². The fourth-order valence-corrected chi connectivity index (χ4v) is 2.65. The van der Waals surface area contributed by atoms with Gasteiger partial charge in [0.15, 0.2) is 0 Å². The van der Waals surface area contributed by atoms with Crippen LogP contribution in [0.4, 0.5) is 11.4 Å². The Kier molecular flexibility index (Phi) is 3.33. The lowest BCUT2D eigenvalue weighted by Gasteiger charge is -2.17. The smallest absolute Gasteiger partial charge is 0.310 e. The summed E-state index contributed by atoms with van der Waals surface area (Å²) >= 11 is 0. The first kappa shape index (κ1) is 14.1. The second kappa shape index (κ2) is 5.18. The van der Waals surface area contributed by atoms with E-state index < -0.39 is 11.9 Å². The molecule has 3 N–H and O–H groups in total. The molecule has 0 saturated carbocycles. The van der Waals surface area contributed by atoms with Crippen molar-refractivity contribution in [2.45, 2.75) is 19.4 Å². The minimum absolute atomic E-state index is 0.0821. The Morgan fingerprint density at radius 3 is 2.50 bits per heavy atom. The molecule has 2 aromatic carbocycles. The van der Waals surface area contributed by atoms with Gasteiger partial charge in [0.2, 0.25) is 0 Å². The number of hydrogen-bond acceptors (Lipinski definition) is 3. The number of nitrogens with zero attached hydrogens (tertiary/aromatic N) is 1. The molecule has 1 heterocycles. The van der Waals surface area contributed by atoms with Crippen LogP contribution in [-0.2, 0) is 11.3 Å². The average Bonchev–Trinajstić information content (AvgIpc) is 2.85. The highest BCUT2D eigenvalue weighted by Crippen LogP contribution is 2.32. The fraction of sp³-hybridized carbons (Fsp3) is 0.176. The standard InChI is InChI=1S/C17H16N2O3/c1-10(17(21)22)11-5-7-12(8-6-11)19-9-14-13(16(19)20)3-2-4-15(14)18/h2-8,10H,9,18H2,1H3,(H,21,22). The van der Waals surface area contributed by atoms with Gasteiger partial charge in [0.1, 0.15) is 0 Å². The van der Waals surface area contributed by atoms with E-state index in [1.54, 1.807) is 54.3 Å². The number of carbonyl (C=O) groups excluding carboxylic acids is 1. The summed E-state index contributed by atoms with van der Waals surface area (Å²) in [5.74, 6) is -1.53. The third-order valence-corrected chi connectivity index (χ3v) is 4.08. The molecule has 1 aliphatic rings. The number of fused-ring (bicyclic) bond motifs is 1. The summed E-state index contributed by atoms with van der Waals surface area (Å²) in [6.07, 6.45) is 0. The number of rotatable bonds is 3. The van der Waals surface area contributed by atoms with E-state index in [-0.39, 0.29) is 5.91 Å². The summed E-state index contributed by atoms with van der Waals surface area (Å²) < 4.78 is 0. The van der Waals surface area contributed by atoms with Gasteiger partial charge in [-0.05, 0) is 36.8 Å². The molecule has 0 fully saturated rings. The summed E-state index contributed by atoms with van der Waals surface area (Å²) in [7, 11) is 0. The fourth-order valence-electron chi connectivity index (χ4n) is 2.65. The third kappa shape index (κ3) is 2.20. The topological polar surface area (TPSA) is 83.6 Å². The van der Waals surface area contributed by atoms with Crippen molar-refractivity contribution >= 4 is 23.3 Å². The van der Waals surface area contributed by atoms with Crippen molar-refractivity contribution in [1.82, 2.24) is 0 Å². The number of benzene rings is 2. The number of amides is 1. The molecule has 5 nitrogen and oxygen atoms in total. The number of carboxylic acids is 1. The van der Waals surface area contributed by atoms with Crippen molar-refractivity contribution in [2.75, 3.05) is 10.6 Å². The molecular weight excluding hydrogens is 280 g/mol. The minimum Gasteiger partial charge on any atom is -0.481 e. The van der Waals surface area contributed by atoms with Crippen molar-refractivity contribution in [3.63, 3.8) is 0 Å². The Labute approximate surface area is 128 Å². The predicted molar refractivity (Wildman–Crippen MR) is 83.9 cm³/mol. The Balaban J connectivity index is 1.89. The molecule has 0 bridgehead atoms. The van der Waals surface area contributed by atoms with Gasteiger partial charge < -0.3 is 15.7 Å². The van der Waals surface area contributed by atoms with Crippen LogP contribution in [0.25, 0.3) is 0 Å². The molecule has 112 valence electrons. The summed E-state index contributed by atoms with van der Waals surface area (Å²) in [6.45, 7) is 2.07. The first-order chi connectivity index (χ1) is 10.5. The maximum absolute atomic E-state index is 12.5. The molecule has 1 unspecified atom stereocenters. The molecule has 22 heavy (non-hydrogen) atoms. The molecule has 3 rings (SSSR count). The van der Waals surface area contributed by atoms with Gasteiger partial charge in [0.05, 0.1) is 12.5 Å². The van der Waals surface area contributed by atoms with Crippen LogP contribution in [0.3, 0.4) is 0 Å². The molecule has 1 atom stereocenters. The highest BCUT2D eigenvalue weighted by atomic mass is 16.4. The molecular formula is C17H16N2O3. The van der Waals surface area contributed by atoms with Crippen LogP contribution >= 0.6 is 0 Å². The predicted octanol–water partition coefficient (Wildman–Crippen LogP) is 2.62. The first-order valence-electron chi connectivity index (χ1n) is 7.01. The summed E-state index contributed by atoms with van der Waals surface area (Å²) in [5.41, 5.74) is 9.46. The molecule has 5 heteroatoms. The number of carboxylic acid groups (broad SMARTS) is 1. The van der Waals surface area contributed by atoms with Crippen LogP contribution in [0.5, 0.6) is 0 Å². The molecule has 0 aliphatic carbocycles. The van der Waals surface area contributed by atoms with Crippen LogP contribution in [0.2, 0.25) is 0 Å². The molecule has 1 amide bonds.